The van der Waals surface area contributed by atoms with Crippen molar-refractivity contribution in [1.82, 2.24) is 0 Å². The van der Waals surface area contributed by atoms with Gasteiger partial charge in [0.15, 0.2) is 6.10 Å². The van der Waals surface area contributed by atoms with Gasteiger partial charge in [-0.1, -0.05) is 201 Å². The van der Waals surface area contributed by atoms with Crippen molar-refractivity contribution < 1.29 is 23.8 Å². The second-order valence-electron chi connectivity index (χ2n) is 17.0. The molecule has 0 radical (unpaired) electrons. The molecular weight excluding hydrogens is 789 g/mol. The highest BCUT2D eigenvalue weighted by Gasteiger charge is 2.17. The number of carbonyl (C=O) groups is 2. The van der Waals surface area contributed by atoms with E-state index in [1.807, 2.05) is 0 Å². The number of hydrogen-bond donors (Lipinski definition) is 0. The number of esters is 2. The third-order valence-electron chi connectivity index (χ3n) is 10.8. The van der Waals surface area contributed by atoms with E-state index < -0.39 is 6.10 Å². The minimum Gasteiger partial charge on any atom is -0.462 e. The van der Waals surface area contributed by atoms with Gasteiger partial charge in [-0.2, -0.15) is 0 Å². The van der Waals surface area contributed by atoms with Crippen LogP contribution < -0.4 is 0 Å². The summed E-state index contributed by atoms with van der Waals surface area (Å²) in [7, 11) is 0. The highest BCUT2D eigenvalue weighted by atomic mass is 16.6. The minimum atomic E-state index is -0.575. The van der Waals surface area contributed by atoms with Gasteiger partial charge in [0.25, 0.3) is 0 Å². The van der Waals surface area contributed by atoms with E-state index in [-0.39, 0.29) is 25.2 Å². The first-order valence-corrected chi connectivity index (χ1v) is 26.4. The first kappa shape index (κ1) is 60.6. The Labute approximate surface area is 395 Å². The van der Waals surface area contributed by atoms with Crippen molar-refractivity contribution >= 4 is 11.9 Å². The van der Waals surface area contributed by atoms with Gasteiger partial charge in [0, 0.05) is 19.4 Å². The third-order valence-corrected chi connectivity index (χ3v) is 10.8. The smallest absolute Gasteiger partial charge is 0.306 e. The first-order valence-electron chi connectivity index (χ1n) is 26.4. The molecule has 0 aromatic heterocycles. The molecule has 0 aliphatic carbocycles. The van der Waals surface area contributed by atoms with E-state index in [0.717, 1.165) is 128 Å². The Balaban J connectivity index is 4.38. The second-order valence-corrected chi connectivity index (χ2v) is 17.0. The van der Waals surface area contributed by atoms with Crippen molar-refractivity contribution in [2.45, 2.75) is 232 Å². The Hall–Kier alpha value is -3.44. The van der Waals surface area contributed by atoms with Gasteiger partial charge in [-0.3, -0.25) is 9.59 Å². The third kappa shape index (κ3) is 51.2. The SMILES string of the molecule is CC/C=C\C/C=C\C/C=C\C/C=C\C/C=C\CCCCCCOCC(COC(=O)CCCCCCC/C=C\CCCCCCCC)OC(=O)CCCCC/C=C\C/C=C\C/C=C\CC. The van der Waals surface area contributed by atoms with Crippen LogP contribution in [-0.4, -0.2) is 37.9 Å². The highest BCUT2D eigenvalue weighted by Crippen LogP contribution is 2.12. The lowest BCUT2D eigenvalue weighted by Crippen LogP contribution is -2.30. The van der Waals surface area contributed by atoms with Crippen LogP contribution in [0, 0.1) is 0 Å². The number of carbonyl (C=O) groups excluding carboxylic acids is 2. The Morgan fingerprint density at radius 1 is 0.359 bits per heavy atom. The molecule has 0 aromatic carbocycles. The molecule has 364 valence electrons. The summed E-state index contributed by atoms with van der Waals surface area (Å²) in [6.07, 6.45) is 73.9. The number of ether oxygens (including phenoxy) is 3. The largest absolute Gasteiger partial charge is 0.462 e. The summed E-state index contributed by atoms with van der Waals surface area (Å²) in [6.45, 7) is 7.49. The molecule has 0 bridgehead atoms. The van der Waals surface area contributed by atoms with Crippen LogP contribution in [0.25, 0.3) is 0 Å². The van der Waals surface area contributed by atoms with Crippen LogP contribution in [0.3, 0.4) is 0 Å². The summed E-state index contributed by atoms with van der Waals surface area (Å²) in [6, 6.07) is 0. The van der Waals surface area contributed by atoms with Crippen molar-refractivity contribution in [3.63, 3.8) is 0 Å². The van der Waals surface area contributed by atoms with Crippen LogP contribution in [0.15, 0.2) is 109 Å². The van der Waals surface area contributed by atoms with Gasteiger partial charge in [-0.15, -0.1) is 0 Å². The molecule has 0 fully saturated rings. The van der Waals surface area contributed by atoms with Gasteiger partial charge in [0.2, 0.25) is 0 Å². The minimum absolute atomic E-state index is 0.0526. The quantitative estimate of drug-likeness (QED) is 0.0346. The maximum Gasteiger partial charge on any atom is 0.306 e. The molecule has 0 amide bonds. The highest BCUT2D eigenvalue weighted by molar-refractivity contribution is 5.70. The van der Waals surface area contributed by atoms with Crippen LogP contribution in [0.1, 0.15) is 226 Å². The Morgan fingerprint density at radius 3 is 1.16 bits per heavy atom. The van der Waals surface area contributed by atoms with Crippen molar-refractivity contribution in [2.75, 3.05) is 19.8 Å². The van der Waals surface area contributed by atoms with Crippen molar-refractivity contribution in [1.29, 1.82) is 0 Å². The van der Waals surface area contributed by atoms with Crippen molar-refractivity contribution in [3.05, 3.63) is 109 Å². The lowest BCUT2D eigenvalue weighted by atomic mass is 10.1. The summed E-state index contributed by atoms with van der Waals surface area (Å²) in [5.74, 6) is -0.460. The molecule has 0 heterocycles. The van der Waals surface area contributed by atoms with Crippen LogP contribution in [-0.2, 0) is 23.8 Å². The number of hydrogen-bond acceptors (Lipinski definition) is 5. The molecule has 0 saturated heterocycles. The molecule has 1 atom stereocenters. The number of allylic oxidation sites excluding steroid dienone is 18. The van der Waals surface area contributed by atoms with Crippen LogP contribution in [0.4, 0.5) is 0 Å². The number of rotatable bonds is 47. The predicted molar refractivity (Wildman–Crippen MR) is 279 cm³/mol. The summed E-state index contributed by atoms with van der Waals surface area (Å²) in [5, 5.41) is 0. The van der Waals surface area contributed by atoms with E-state index in [2.05, 4.69) is 130 Å². The van der Waals surface area contributed by atoms with E-state index >= 15 is 0 Å². The lowest BCUT2D eigenvalue weighted by Gasteiger charge is -2.18. The molecule has 1 unspecified atom stereocenters. The molecule has 64 heavy (non-hydrogen) atoms. The maximum atomic E-state index is 12.8. The standard InChI is InChI=1S/C59H98O5/c1-4-7-10-13-16-19-22-25-27-28-29-30-31-33-36-39-42-45-48-51-54-62-55-57(64-59(61)53-50-47-44-41-38-34-24-21-18-15-12-9-6-3)56-63-58(60)52-49-46-43-40-37-35-32-26-23-20-17-14-11-8-5-2/h7,9-10,12,16,18-19,21,25-27,29-30,32-34,36,38,57H,4-6,8,11,13-15,17,20,22-24,28,31,35,37,39-56H2,1-3H3/b10-7-,12-9-,19-16-,21-18-,27-25-,30-29-,32-26-,36-33-,38-34-. The summed E-state index contributed by atoms with van der Waals surface area (Å²) < 4.78 is 17.4. The molecule has 0 aromatic rings. The molecule has 0 N–H and O–H groups in total. The summed E-state index contributed by atoms with van der Waals surface area (Å²) in [4.78, 5) is 25.4. The normalized spacial score (nSPS) is 13.1. The molecule has 0 rings (SSSR count). The van der Waals surface area contributed by atoms with Gasteiger partial charge in [-0.25, -0.2) is 0 Å². The first-order chi connectivity index (χ1) is 31.6. The van der Waals surface area contributed by atoms with E-state index in [9.17, 15) is 9.59 Å². The predicted octanol–water partition coefficient (Wildman–Crippen LogP) is 18.0. The zero-order valence-corrected chi connectivity index (χ0v) is 41.8. The average molecular weight is 887 g/mol. The molecule has 5 heteroatoms. The fourth-order valence-corrected chi connectivity index (χ4v) is 6.90. The van der Waals surface area contributed by atoms with Crippen molar-refractivity contribution in [3.8, 4) is 0 Å². The lowest BCUT2D eigenvalue weighted by molar-refractivity contribution is -0.163. The van der Waals surface area contributed by atoms with Crippen LogP contribution in [0.2, 0.25) is 0 Å². The molecule has 5 nitrogen and oxygen atoms in total. The topological polar surface area (TPSA) is 61.8 Å². The monoisotopic (exact) mass is 887 g/mol. The zero-order valence-electron chi connectivity index (χ0n) is 41.8. The molecule has 0 aliphatic heterocycles. The van der Waals surface area contributed by atoms with Gasteiger partial charge in [0.05, 0.1) is 6.61 Å². The zero-order chi connectivity index (χ0) is 46.3. The summed E-state index contributed by atoms with van der Waals surface area (Å²) >= 11 is 0. The fourth-order valence-electron chi connectivity index (χ4n) is 6.90. The van der Waals surface area contributed by atoms with E-state index in [0.29, 0.717) is 19.4 Å². The average Bonchev–Trinajstić information content (AvgIpc) is 3.30. The van der Waals surface area contributed by atoms with Gasteiger partial charge < -0.3 is 14.2 Å². The number of unbranched alkanes of at least 4 members (excludes halogenated alkanes) is 18. The Kier molecular flexibility index (Phi) is 51.0. The van der Waals surface area contributed by atoms with E-state index in [4.69, 9.17) is 14.2 Å². The Bertz CT molecular complexity index is 1280. The van der Waals surface area contributed by atoms with Gasteiger partial charge in [0.1, 0.15) is 6.61 Å². The molecule has 0 saturated carbocycles. The van der Waals surface area contributed by atoms with E-state index in [1.54, 1.807) is 0 Å². The molecular formula is C59H98O5. The Morgan fingerprint density at radius 2 is 0.703 bits per heavy atom. The van der Waals surface area contributed by atoms with Crippen LogP contribution in [0.5, 0.6) is 0 Å². The molecule has 0 aliphatic rings. The van der Waals surface area contributed by atoms with Gasteiger partial charge >= 0.3 is 11.9 Å². The van der Waals surface area contributed by atoms with Crippen LogP contribution >= 0.6 is 0 Å². The second kappa shape index (κ2) is 53.9. The molecule has 0 spiro atoms. The van der Waals surface area contributed by atoms with Crippen molar-refractivity contribution in [2.24, 2.45) is 0 Å². The van der Waals surface area contributed by atoms with Gasteiger partial charge in [-0.05, 0) is 122 Å². The maximum absolute atomic E-state index is 12.8. The van der Waals surface area contributed by atoms with E-state index in [1.165, 1.54) is 64.2 Å². The fraction of sp³-hybridized carbons (Fsp3) is 0.661. The summed E-state index contributed by atoms with van der Waals surface area (Å²) in [5.41, 5.74) is 0.